The number of hydrogen-bond donors (Lipinski definition) is 1. The van der Waals surface area contributed by atoms with Gasteiger partial charge in [0, 0.05) is 19.3 Å². The summed E-state index contributed by atoms with van der Waals surface area (Å²) in [4.78, 5) is 2.21. The highest BCUT2D eigenvalue weighted by Gasteiger charge is 2.20. The number of nitrogens with zero attached hydrogens (tertiary/aromatic N) is 3. The van der Waals surface area contributed by atoms with Crippen LogP contribution in [0.5, 0.6) is 0 Å². The van der Waals surface area contributed by atoms with Crippen LogP contribution in [0.15, 0.2) is 18.3 Å². The second-order valence-corrected chi connectivity index (χ2v) is 3.86. The van der Waals surface area contributed by atoms with E-state index in [0.29, 0.717) is 6.61 Å². The van der Waals surface area contributed by atoms with Crippen LogP contribution in [0.2, 0.25) is 0 Å². The zero-order chi connectivity index (χ0) is 11.2. The van der Waals surface area contributed by atoms with Crippen LogP contribution in [0.4, 0.5) is 5.82 Å². The van der Waals surface area contributed by atoms with Crippen molar-refractivity contribution in [1.29, 1.82) is 0 Å². The molecule has 1 aromatic rings. The van der Waals surface area contributed by atoms with Crippen LogP contribution >= 0.6 is 0 Å². The van der Waals surface area contributed by atoms with E-state index in [0.717, 1.165) is 31.7 Å². The van der Waals surface area contributed by atoms with Gasteiger partial charge in [0.2, 0.25) is 0 Å². The van der Waals surface area contributed by atoms with Crippen molar-refractivity contribution in [3.8, 4) is 0 Å². The Kier molecular flexibility index (Phi) is 4.07. The summed E-state index contributed by atoms with van der Waals surface area (Å²) in [6.07, 6.45) is 3.92. The van der Waals surface area contributed by atoms with Crippen molar-refractivity contribution >= 4 is 5.82 Å². The van der Waals surface area contributed by atoms with Gasteiger partial charge >= 0.3 is 0 Å². The molecule has 0 amide bonds. The minimum atomic E-state index is 0.102. The van der Waals surface area contributed by atoms with E-state index in [9.17, 15) is 0 Å². The summed E-state index contributed by atoms with van der Waals surface area (Å²) < 4.78 is 5.50. The fraction of sp³-hybridized carbons (Fsp3) is 0.636. The number of rotatable bonds is 4. The summed E-state index contributed by atoms with van der Waals surface area (Å²) in [6.45, 7) is 2.42. The molecule has 88 valence electrons. The Morgan fingerprint density at radius 3 is 2.88 bits per heavy atom. The third kappa shape index (κ3) is 2.90. The lowest BCUT2D eigenvalue weighted by atomic mass is 10.1. The smallest absolute Gasteiger partial charge is 0.151 e. The average Bonchev–Trinajstić information content (AvgIpc) is 2.38. The first-order valence-electron chi connectivity index (χ1n) is 5.65. The highest BCUT2D eigenvalue weighted by atomic mass is 16.5. The molecule has 0 saturated carbocycles. The third-order valence-corrected chi connectivity index (χ3v) is 2.77. The predicted molar refractivity (Wildman–Crippen MR) is 60.3 cm³/mol. The molecule has 1 N–H and O–H groups in total. The van der Waals surface area contributed by atoms with E-state index in [2.05, 4.69) is 15.1 Å². The molecule has 0 atom stereocenters. The minimum Gasteiger partial charge on any atom is -0.394 e. The maximum atomic E-state index is 8.67. The third-order valence-electron chi connectivity index (χ3n) is 2.77. The van der Waals surface area contributed by atoms with Crippen LogP contribution in [0, 0.1) is 0 Å². The largest absolute Gasteiger partial charge is 0.394 e. The second kappa shape index (κ2) is 5.77. The summed E-state index contributed by atoms with van der Waals surface area (Å²) in [5.74, 6) is 0.933. The van der Waals surface area contributed by atoms with Gasteiger partial charge in [0.15, 0.2) is 5.82 Å². The maximum Gasteiger partial charge on any atom is 0.151 e. The molecule has 0 radical (unpaired) electrons. The first-order valence-corrected chi connectivity index (χ1v) is 5.65. The van der Waals surface area contributed by atoms with Crippen molar-refractivity contribution in [2.24, 2.45) is 0 Å². The highest BCUT2D eigenvalue weighted by Crippen LogP contribution is 2.18. The van der Waals surface area contributed by atoms with Crippen molar-refractivity contribution in [3.05, 3.63) is 18.3 Å². The van der Waals surface area contributed by atoms with Gasteiger partial charge in [-0.3, -0.25) is 0 Å². The first kappa shape index (κ1) is 11.3. The standard InChI is InChI=1S/C11H17N3O2/c15-8-9-16-10-3-6-14(7-4-10)11-2-1-5-12-13-11/h1-2,5,10,15H,3-4,6-9H2. The lowest BCUT2D eigenvalue weighted by molar-refractivity contribution is 0.0158. The second-order valence-electron chi connectivity index (χ2n) is 3.86. The zero-order valence-corrected chi connectivity index (χ0v) is 9.25. The van der Waals surface area contributed by atoms with Gasteiger partial charge in [-0.2, -0.15) is 5.10 Å². The number of ether oxygens (including phenoxy) is 1. The van der Waals surface area contributed by atoms with Crippen molar-refractivity contribution in [2.75, 3.05) is 31.2 Å². The summed E-state index contributed by atoms with van der Waals surface area (Å²) >= 11 is 0. The van der Waals surface area contributed by atoms with Crippen LogP contribution in [-0.4, -0.2) is 47.7 Å². The Balaban J connectivity index is 1.81. The Hall–Kier alpha value is -1.20. The van der Waals surface area contributed by atoms with E-state index >= 15 is 0 Å². The molecule has 1 aliphatic rings. The van der Waals surface area contributed by atoms with Gasteiger partial charge in [0.25, 0.3) is 0 Å². The summed E-state index contributed by atoms with van der Waals surface area (Å²) in [5.41, 5.74) is 0. The molecule has 1 aromatic heterocycles. The molecule has 2 heterocycles. The van der Waals surface area contributed by atoms with E-state index in [1.54, 1.807) is 6.20 Å². The van der Waals surface area contributed by atoms with Gasteiger partial charge in [0.1, 0.15) is 0 Å². The molecule has 16 heavy (non-hydrogen) atoms. The molecule has 2 rings (SSSR count). The number of anilines is 1. The molecule has 0 spiro atoms. The zero-order valence-electron chi connectivity index (χ0n) is 9.25. The molecule has 1 fully saturated rings. The summed E-state index contributed by atoms with van der Waals surface area (Å²) in [5, 5.41) is 16.6. The fourth-order valence-electron chi connectivity index (χ4n) is 1.93. The van der Waals surface area contributed by atoms with Crippen LogP contribution in [0.1, 0.15) is 12.8 Å². The maximum absolute atomic E-state index is 8.67. The molecule has 0 bridgehead atoms. The number of aliphatic hydroxyl groups excluding tert-OH is 1. The SMILES string of the molecule is OCCOC1CCN(c2cccnn2)CC1. The molecule has 1 saturated heterocycles. The molecule has 0 aliphatic carbocycles. The highest BCUT2D eigenvalue weighted by molar-refractivity contribution is 5.36. The van der Waals surface area contributed by atoms with Gasteiger partial charge < -0.3 is 14.7 Å². The van der Waals surface area contributed by atoms with E-state index in [1.807, 2.05) is 12.1 Å². The minimum absolute atomic E-state index is 0.102. The normalized spacial score (nSPS) is 17.7. The van der Waals surface area contributed by atoms with Gasteiger partial charge in [-0.25, -0.2) is 0 Å². The van der Waals surface area contributed by atoms with Gasteiger partial charge in [-0.1, -0.05) is 0 Å². The molecule has 5 nitrogen and oxygen atoms in total. The van der Waals surface area contributed by atoms with Crippen molar-refractivity contribution in [1.82, 2.24) is 10.2 Å². The van der Waals surface area contributed by atoms with Gasteiger partial charge in [0.05, 0.1) is 19.3 Å². The topological polar surface area (TPSA) is 58.5 Å². The van der Waals surface area contributed by atoms with Crippen LogP contribution in [0.3, 0.4) is 0 Å². The first-order chi connectivity index (χ1) is 7.90. The Morgan fingerprint density at radius 1 is 1.44 bits per heavy atom. The lowest BCUT2D eigenvalue weighted by Gasteiger charge is -2.32. The molecule has 5 heteroatoms. The van der Waals surface area contributed by atoms with Crippen LogP contribution in [0.25, 0.3) is 0 Å². The predicted octanol–water partition coefficient (Wildman–Crippen LogP) is 0.454. The molecule has 1 aliphatic heterocycles. The molecule has 0 aromatic carbocycles. The summed E-state index contributed by atoms with van der Waals surface area (Å²) in [6, 6.07) is 3.87. The number of hydrogen-bond acceptors (Lipinski definition) is 5. The monoisotopic (exact) mass is 223 g/mol. The number of aliphatic hydroxyl groups is 1. The molecular weight excluding hydrogens is 206 g/mol. The Bertz CT molecular complexity index is 299. The quantitative estimate of drug-likeness (QED) is 0.803. The van der Waals surface area contributed by atoms with Crippen LogP contribution < -0.4 is 4.90 Å². The van der Waals surface area contributed by atoms with Gasteiger partial charge in [-0.15, -0.1) is 5.10 Å². The van der Waals surface area contributed by atoms with E-state index < -0.39 is 0 Å². The Labute approximate surface area is 95.1 Å². The molecule has 0 unspecified atom stereocenters. The van der Waals surface area contributed by atoms with E-state index in [4.69, 9.17) is 9.84 Å². The summed E-state index contributed by atoms with van der Waals surface area (Å²) in [7, 11) is 0. The van der Waals surface area contributed by atoms with E-state index in [1.165, 1.54) is 0 Å². The van der Waals surface area contributed by atoms with Crippen LogP contribution in [-0.2, 0) is 4.74 Å². The Morgan fingerprint density at radius 2 is 2.25 bits per heavy atom. The van der Waals surface area contributed by atoms with Gasteiger partial charge in [-0.05, 0) is 25.0 Å². The van der Waals surface area contributed by atoms with Crippen molar-refractivity contribution < 1.29 is 9.84 Å². The lowest BCUT2D eigenvalue weighted by Crippen LogP contribution is -2.37. The molecular formula is C11H17N3O2. The van der Waals surface area contributed by atoms with Crippen molar-refractivity contribution in [2.45, 2.75) is 18.9 Å². The van der Waals surface area contributed by atoms with E-state index in [-0.39, 0.29) is 12.7 Å². The van der Waals surface area contributed by atoms with Crippen molar-refractivity contribution in [3.63, 3.8) is 0 Å². The number of piperidine rings is 1. The average molecular weight is 223 g/mol. The fourth-order valence-corrected chi connectivity index (χ4v) is 1.93. The number of aromatic nitrogens is 2.